The molecule has 0 unspecified atom stereocenters. The van der Waals surface area contributed by atoms with Crippen LogP contribution in [-0.4, -0.2) is 20.4 Å². The number of rotatable bonds is 6. The number of hydrogen-bond donors (Lipinski definition) is 2. The minimum absolute atomic E-state index is 0.0593. The average Bonchev–Trinajstić information content (AvgIpc) is 3.32. The van der Waals surface area contributed by atoms with E-state index in [1.165, 1.54) is 19.3 Å². The van der Waals surface area contributed by atoms with Crippen LogP contribution in [0.2, 0.25) is 0 Å². The predicted molar refractivity (Wildman–Crippen MR) is 114 cm³/mol. The fourth-order valence-electron chi connectivity index (χ4n) is 5.01. The van der Waals surface area contributed by atoms with Gasteiger partial charge in [-0.25, -0.2) is 13.1 Å². The number of sulfonamides is 1. The first-order chi connectivity index (χ1) is 13.8. The molecule has 2 bridgehead atoms. The van der Waals surface area contributed by atoms with Crippen LogP contribution < -0.4 is 10.0 Å². The SMILES string of the molecule is Cc1cccc(C(=O)Nc2ccc(S(=O)(=O)N[C@H](C)[C@H]3C[C@H]4CC[C@H]3C4)cc2)c1. The molecule has 2 aromatic carbocycles. The van der Waals surface area contributed by atoms with Gasteiger partial charge in [-0.15, -0.1) is 0 Å². The molecule has 2 aliphatic rings. The number of carbonyl (C=O) groups is 1. The molecule has 0 aliphatic heterocycles. The lowest BCUT2D eigenvalue weighted by molar-refractivity contribution is 0.102. The van der Waals surface area contributed by atoms with Crippen LogP contribution in [0.5, 0.6) is 0 Å². The highest BCUT2D eigenvalue weighted by atomic mass is 32.2. The molecule has 2 fully saturated rings. The number of hydrogen-bond acceptors (Lipinski definition) is 3. The van der Waals surface area contributed by atoms with Crippen LogP contribution in [0.4, 0.5) is 5.69 Å². The van der Waals surface area contributed by atoms with Gasteiger partial charge in [-0.1, -0.05) is 24.1 Å². The molecule has 5 nitrogen and oxygen atoms in total. The van der Waals surface area contributed by atoms with Gasteiger partial charge in [-0.2, -0.15) is 0 Å². The van der Waals surface area contributed by atoms with E-state index in [1.807, 2.05) is 32.0 Å². The summed E-state index contributed by atoms with van der Waals surface area (Å²) in [5.74, 6) is 1.67. The topological polar surface area (TPSA) is 75.3 Å². The number of fused-ring (bicyclic) bond motifs is 2. The van der Waals surface area contributed by atoms with Gasteiger partial charge in [-0.3, -0.25) is 4.79 Å². The molecule has 4 rings (SSSR count). The molecule has 29 heavy (non-hydrogen) atoms. The third-order valence-corrected chi connectivity index (χ3v) is 8.05. The zero-order chi connectivity index (χ0) is 20.6. The lowest BCUT2D eigenvalue weighted by Crippen LogP contribution is -2.40. The summed E-state index contributed by atoms with van der Waals surface area (Å²) in [6.07, 6.45) is 4.93. The van der Waals surface area contributed by atoms with Gasteiger partial charge >= 0.3 is 0 Å². The first-order valence-corrected chi connectivity index (χ1v) is 11.8. The minimum atomic E-state index is -3.58. The maximum Gasteiger partial charge on any atom is 0.255 e. The molecule has 0 radical (unpaired) electrons. The Morgan fingerprint density at radius 2 is 1.83 bits per heavy atom. The zero-order valence-corrected chi connectivity index (χ0v) is 17.7. The molecule has 2 aromatic rings. The van der Waals surface area contributed by atoms with Gasteiger partial charge in [0.05, 0.1) is 4.90 Å². The third kappa shape index (κ3) is 4.38. The van der Waals surface area contributed by atoms with E-state index >= 15 is 0 Å². The predicted octanol–water partition coefficient (Wildman–Crippen LogP) is 4.35. The molecule has 154 valence electrons. The van der Waals surface area contributed by atoms with Crippen LogP contribution in [-0.2, 0) is 10.0 Å². The molecular weight excluding hydrogens is 384 g/mol. The van der Waals surface area contributed by atoms with Crippen molar-refractivity contribution in [2.45, 2.75) is 50.5 Å². The fraction of sp³-hybridized carbons (Fsp3) is 0.435. The molecule has 0 spiro atoms. The molecule has 2 saturated carbocycles. The van der Waals surface area contributed by atoms with Crippen molar-refractivity contribution < 1.29 is 13.2 Å². The first kappa shape index (κ1) is 20.1. The summed E-state index contributed by atoms with van der Waals surface area (Å²) in [7, 11) is -3.58. The van der Waals surface area contributed by atoms with Crippen molar-refractivity contribution in [3.05, 3.63) is 59.7 Å². The second kappa shape index (κ2) is 7.92. The molecule has 0 heterocycles. The van der Waals surface area contributed by atoms with Crippen molar-refractivity contribution in [3.8, 4) is 0 Å². The third-order valence-electron chi connectivity index (χ3n) is 6.48. The van der Waals surface area contributed by atoms with E-state index in [4.69, 9.17) is 0 Å². The van der Waals surface area contributed by atoms with Gasteiger partial charge in [0, 0.05) is 17.3 Å². The van der Waals surface area contributed by atoms with Gasteiger partial charge in [0.25, 0.3) is 5.91 Å². The van der Waals surface area contributed by atoms with E-state index in [1.54, 1.807) is 30.3 Å². The van der Waals surface area contributed by atoms with Crippen molar-refractivity contribution in [2.24, 2.45) is 17.8 Å². The van der Waals surface area contributed by atoms with Gasteiger partial charge in [0.1, 0.15) is 0 Å². The Hall–Kier alpha value is -2.18. The summed E-state index contributed by atoms with van der Waals surface area (Å²) < 4.78 is 28.5. The highest BCUT2D eigenvalue weighted by Crippen LogP contribution is 2.49. The minimum Gasteiger partial charge on any atom is -0.322 e. The second-order valence-corrected chi connectivity index (χ2v) is 10.3. The van der Waals surface area contributed by atoms with E-state index in [-0.39, 0.29) is 16.8 Å². The van der Waals surface area contributed by atoms with Crippen molar-refractivity contribution in [2.75, 3.05) is 5.32 Å². The summed E-state index contributed by atoms with van der Waals surface area (Å²) >= 11 is 0. The highest BCUT2D eigenvalue weighted by Gasteiger charge is 2.42. The standard InChI is InChI=1S/C23H28N2O3S/c1-15-4-3-5-19(12-15)23(26)24-20-8-10-21(11-9-20)29(27,28)25-16(2)22-14-17-6-7-18(22)13-17/h3-5,8-12,16-18,22,25H,6-7,13-14H2,1-2H3,(H,24,26)/t16-,17+,18+,22-/m1/s1. The Balaban J connectivity index is 1.40. The van der Waals surface area contributed by atoms with Crippen LogP contribution >= 0.6 is 0 Å². The molecule has 0 saturated heterocycles. The largest absolute Gasteiger partial charge is 0.322 e. The van der Waals surface area contributed by atoms with Crippen LogP contribution in [0.3, 0.4) is 0 Å². The van der Waals surface area contributed by atoms with Crippen LogP contribution in [0.25, 0.3) is 0 Å². The lowest BCUT2D eigenvalue weighted by atomic mass is 9.84. The summed E-state index contributed by atoms with van der Waals surface area (Å²) in [4.78, 5) is 12.6. The van der Waals surface area contributed by atoms with Gasteiger partial charge in [0.15, 0.2) is 0 Å². The summed E-state index contributed by atoms with van der Waals surface area (Å²) in [6, 6.07) is 13.6. The van der Waals surface area contributed by atoms with E-state index < -0.39 is 10.0 Å². The number of amides is 1. The van der Waals surface area contributed by atoms with E-state index in [0.29, 0.717) is 23.1 Å². The Labute approximate surface area is 173 Å². The quantitative estimate of drug-likeness (QED) is 0.741. The van der Waals surface area contributed by atoms with Crippen LogP contribution in [0.15, 0.2) is 53.4 Å². The maximum absolute atomic E-state index is 12.8. The van der Waals surface area contributed by atoms with E-state index in [2.05, 4.69) is 10.0 Å². The van der Waals surface area contributed by atoms with E-state index in [9.17, 15) is 13.2 Å². The second-order valence-electron chi connectivity index (χ2n) is 8.60. The Bertz CT molecular complexity index is 1000. The monoisotopic (exact) mass is 412 g/mol. The molecule has 6 heteroatoms. The zero-order valence-electron chi connectivity index (χ0n) is 16.9. The molecule has 0 aromatic heterocycles. The molecule has 2 aliphatic carbocycles. The lowest BCUT2D eigenvalue weighted by Gasteiger charge is -2.28. The highest BCUT2D eigenvalue weighted by molar-refractivity contribution is 7.89. The van der Waals surface area contributed by atoms with Gasteiger partial charge < -0.3 is 5.32 Å². The van der Waals surface area contributed by atoms with Crippen LogP contribution in [0, 0.1) is 24.7 Å². The van der Waals surface area contributed by atoms with Crippen molar-refractivity contribution >= 4 is 21.6 Å². The fourth-order valence-corrected chi connectivity index (χ4v) is 6.31. The molecule has 4 atom stereocenters. The number of benzene rings is 2. The summed E-state index contributed by atoms with van der Waals surface area (Å²) in [5, 5.41) is 2.81. The van der Waals surface area contributed by atoms with Gasteiger partial charge in [-0.05, 0) is 87.3 Å². The number of aryl methyl sites for hydroxylation is 1. The molecular formula is C23H28N2O3S. The first-order valence-electron chi connectivity index (χ1n) is 10.3. The van der Waals surface area contributed by atoms with Crippen molar-refractivity contribution in [3.63, 3.8) is 0 Å². The van der Waals surface area contributed by atoms with Crippen LogP contribution in [0.1, 0.15) is 48.5 Å². The molecule has 1 amide bonds. The Morgan fingerprint density at radius 1 is 1.07 bits per heavy atom. The normalized spacial score (nSPS) is 24.4. The van der Waals surface area contributed by atoms with Crippen molar-refractivity contribution in [1.29, 1.82) is 0 Å². The smallest absolute Gasteiger partial charge is 0.255 e. The number of carbonyl (C=O) groups excluding carboxylic acids is 1. The van der Waals surface area contributed by atoms with Gasteiger partial charge in [0.2, 0.25) is 10.0 Å². The Morgan fingerprint density at radius 3 is 2.45 bits per heavy atom. The number of anilines is 1. The maximum atomic E-state index is 12.8. The van der Waals surface area contributed by atoms with Crippen molar-refractivity contribution in [1.82, 2.24) is 4.72 Å². The molecule has 2 N–H and O–H groups in total. The van der Waals surface area contributed by atoms with E-state index in [0.717, 1.165) is 17.9 Å². The number of nitrogens with one attached hydrogen (secondary N) is 2. The summed E-state index contributed by atoms with van der Waals surface area (Å²) in [6.45, 7) is 3.92. The summed E-state index contributed by atoms with van der Waals surface area (Å²) in [5.41, 5.74) is 2.15. The average molecular weight is 413 g/mol. The Kier molecular flexibility index (Phi) is 5.49.